The molecule has 5 rings (SSSR count). The summed E-state index contributed by atoms with van der Waals surface area (Å²) in [4.78, 5) is 4.14. The number of alkyl halides is 3. The van der Waals surface area contributed by atoms with Crippen molar-refractivity contribution in [3.05, 3.63) is 60.0 Å². The van der Waals surface area contributed by atoms with E-state index in [0.29, 0.717) is 0 Å². The van der Waals surface area contributed by atoms with E-state index in [1.165, 1.54) is 0 Å². The molecule has 1 aliphatic rings. The Bertz CT molecular complexity index is 1330. The predicted molar refractivity (Wildman–Crippen MR) is 125 cm³/mol. The molecule has 35 heavy (non-hydrogen) atoms. The summed E-state index contributed by atoms with van der Waals surface area (Å²) in [5.74, 6) is 0.820. The topological polar surface area (TPSA) is 75.9 Å². The molecule has 0 spiro atoms. The summed E-state index contributed by atoms with van der Waals surface area (Å²) < 4.78 is 41.8. The second kappa shape index (κ2) is 9.21. The lowest BCUT2D eigenvalue weighted by Gasteiger charge is -2.37. The number of fused-ring (bicyclic) bond motifs is 1. The van der Waals surface area contributed by atoms with Gasteiger partial charge in [-0.15, -0.1) is 10.2 Å². The maximum atomic E-state index is 13.3. The quantitative estimate of drug-likeness (QED) is 0.427. The van der Waals surface area contributed by atoms with Crippen LogP contribution in [0.4, 0.5) is 19.0 Å². The number of rotatable bonds is 5. The largest absolute Gasteiger partial charge is 0.418 e. The zero-order valence-electron chi connectivity index (χ0n) is 19.4. The number of piperidine rings is 1. The standard InChI is InChI=1S/C24H25F3N8/c1-33(15-20-19(24(25,26)27)7-11-28-30-20)16-9-13-35(14-10-16)23-18-6-4-3-5-17(18)22(31-32-23)21-8-12-29-34(21)2/h3-8,11-12,16H,9-10,13-15H2,1-2H3. The van der Waals surface area contributed by atoms with Gasteiger partial charge in [0.25, 0.3) is 0 Å². The molecule has 0 saturated carbocycles. The van der Waals surface area contributed by atoms with E-state index in [1.54, 1.807) is 10.9 Å². The Kier molecular flexibility index (Phi) is 6.10. The van der Waals surface area contributed by atoms with Gasteiger partial charge < -0.3 is 4.90 Å². The fourth-order valence-electron chi connectivity index (χ4n) is 4.74. The van der Waals surface area contributed by atoms with E-state index in [1.807, 2.05) is 49.3 Å². The van der Waals surface area contributed by atoms with Gasteiger partial charge in [0.1, 0.15) is 5.69 Å². The fraction of sp³-hybridized carbons (Fsp3) is 0.375. The Morgan fingerprint density at radius 2 is 1.71 bits per heavy atom. The van der Waals surface area contributed by atoms with E-state index in [0.717, 1.165) is 66.2 Å². The molecule has 0 radical (unpaired) electrons. The lowest BCUT2D eigenvalue weighted by Crippen LogP contribution is -2.43. The molecule has 0 aliphatic carbocycles. The third kappa shape index (κ3) is 4.55. The molecule has 11 heteroatoms. The van der Waals surface area contributed by atoms with E-state index in [2.05, 4.69) is 30.4 Å². The van der Waals surface area contributed by atoms with E-state index < -0.39 is 11.7 Å². The second-order valence-corrected chi connectivity index (χ2v) is 8.78. The Hall–Kier alpha value is -3.60. The average molecular weight is 483 g/mol. The van der Waals surface area contributed by atoms with Crippen LogP contribution in [0.2, 0.25) is 0 Å². The van der Waals surface area contributed by atoms with Crippen LogP contribution in [0, 0.1) is 0 Å². The number of halogens is 3. The van der Waals surface area contributed by atoms with E-state index in [4.69, 9.17) is 0 Å². The minimum atomic E-state index is -4.45. The van der Waals surface area contributed by atoms with Crippen molar-refractivity contribution in [3.8, 4) is 11.4 Å². The highest BCUT2D eigenvalue weighted by Crippen LogP contribution is 2.34. The van der Waals surface area contributed by atoms with Gasteiger partial charge in [0.15, 0.2) is 5.82 Å². The molecule has 4 heterocycles. The van der Waals surface area contributed by atoms with Gasteiger partial charge in [0.05, 0.1) is 23.1 Å². The normalized spacial score (nSPS) is 15.3. The highest BCUT2D eigenvalue weighted by molar-refractivity contribution is 5.99. The molecule has 3 aromatic heterocycles. The zero-order chi connectivity index (χ0) is 24.6. The smallest absolute Gasteiger partial charge is 0.354 e. The van der Waals surface area contributed by atoms with Crippen molar-refractivity contribution in [2.24, 2.45) is 7.05 Å². The van der Waals surface area contributed by atoms with Crippen molar-refractivity contribution in [2.45, 2.75) is 31.6 Å². The number of aryl methyl sites for hydroxylation is 1. The summed E-state index contributed by atoms with van der Waals surface area (Å²) in [6.45, 7) is 1.55. The molecule has 0 amide bonds. The van der Waals surface area contributed by atoms with E-state index >= 15 is 0 Å². The highest BCUT2D eigenvalue weighted by atomic mass is 19.4. The summed E-state index contributed by atoms with van der Waals surface area (Å²) >= 11 is 0. The van der Waals surface area contributed by atoms with Crippen molar-refractivity contribution in [1.29, 1.82) is 0 Å². The molecule has 0 bridgehead atoms. The third-order valence-corrected chi connectivity index (χ3v) is 6.62. The summed E-state index contributed by atoms with van der Waals surface area (Å²) in [7, 11) is 3.71. The van der Waals surface area contributed by atoms with Crippen LogP contribution in [-0.2, 0) is 19.8 Å². The number of benzene rings is 1. The maximum Gasteiger partial charge on any atom is 0.418 e. The van der Waals surface area contributed by atoms with Gasteiger partial charge >= 0.3 is 6.18 Å². The van der Waals surface area contributed by atoms with Gasteiger partial charge in [-0.3, -0.25) is 9.58 Å². The van der Waals surface area contributed by atoms with Crippen LogP contribution in [0.15, 0.2) is 48.8 Å². The Morgan fingerprint density at radius 3 is 2.40 bits per heavy atom. The van der Waals surface area contributed by atoms with Crippen LogP contribution in [0.3, 0.4) is 0 Å². The van der Waals surface area contributed by atoms with Crippen LogP contribution >= 0.6 is 0 Å². The van der Waals surface area contributed by atoms with Gasteiger partial charge in [0, 0.05) is 49.7 Å². The van der Waals surface area contributed by atoms with Crippen molar-refractivity contribution < 1.29 is 13.2 Å². The van der Waals surface area contributed by atoms with Gasteiger partial charge in [0.2, 0.25) is 0 Å². The minimum absolute atomic E-state index is 0.0486. The Morgan fingerprint density at radius 1 is 0.971 bits per heavy atom. The molecule has 1 saturated heterocycles. The molecule has 182 valence electrons. The molecular weight excluding hydrogens is 457 g/mol. The van der Waals surface area contributed by atoms with Crippen molar-refractivity contribution in [3.63, 3.8) is 0 Å². The first-order chi connectivity index (χ1) is 16.8. The van der Waals surface area contributed by atoms with E-state index in [-0.39, 0.29) is 18.3 Å². The summed E-state index contributed by atoms with van der Waals surface area (Å²) in [5, 5.41) is 22.8. The summed E-state index contributed by atoms with van der Waals surface area (Å²) in [5.41, 5.74) is 0.894. The zero-order valence-corrected chi connectivity index (χ0v) is 19.4. The SMILES string of the molecule is CN(Cc1nnccc1C(F)(F)F)C1CCN(c2nnc(-c3ccnn3C)c3ccccc23)CC1. The van der Waals surface area contributed by atoms with Crippen LogP contribution < -0.4 is 4.90 Å². The Balaban J connectivity index is 1.33. The van der Waals surface area contributed by atoms with E-state index in [9.17, 15) is 13.2 Å². The number of hydrogen-bond acceptors (Lipinski definition) is 7. The molecule has 1 aliphatic heterocycles. The lowest BCUT2D eigenvalue weighted by molar-refractivity contribution is -0.138. The molecule has 4 aromatic rings. The van der Waals surface area contributed by atoms with Gasteiger partial charge in [-0.25, -0.2) is 0 Å². The summed E-state index contributed by atoms with van der Waals surface area (Å²) in [6, 6.07) is 11.1. The van der Waals surface area contributed by atoms with Crippen molar-refractivity contribution in [1.82, 2.24) is 35.1 Å². The van der Waals surface area contributed by atoms with Gasteiger partial charge in [-0.1, -0.05) is 24.3 Å². The summed E-state index contributed by atoms with van der Waals surface area (Å²) in [6.07, 6.45) is -0.0541. The van der Waals surface area contributed by atoms with Crippen LogP contribution in [0.5, 0.6) is 0 Å². The molecule has 1 aromatic carbocycles. The molecule has 0 atom stereocenters. The first-order valence-electron chi connectivity index (χ1n) is 11.4. The predicted octanol–water partition coefficient (Wildman–Crippen LogP) is 3.94. The minimum Gasteiger partial charge on any atom is -0.354 e. The number of aromatic nitrogens is 6. The molecule has 8 nitrogen and oxygen atoms in total. The number of hydrogen-bond donors (Lipinski definition) is 0. The van der Waals surface area contributed by atoms with Crippen LogP contribution in [0.1, 0.15) is 24.1 Å². The average Bonchev–Trinajstić information content (AvgIpc) is 3.28. The van der Waals surface area contributed by atoms with Gasteiger partial charge in [-0.2, -0.15) is 28.5 Å². The van der Waals surface area contributed by atoms with Crippen LogP contribution in [0.25, 0.3) is 22.2 Å². The lowest BCUT2D eigenvalue weighted by atomic mass is 10.0. The van der Waals surface area contributed by atoms with Crippen LogP contribution in [-0.4, -0.2) is 61.3 Å². The number of nitrogens with zero attached hydrogens (tertiary/aromatic N) is 8. The third-order valence-electron chi connectivity index (χ3n) is 6.62. The number of anilines is 1. The Labute approximate surface area is 200 Å². The molecule has 0 unspecified atom stereocenters. The monoisotopic (exact) mass is 482 g/mol. The van der Waals surface area contributed by atoms with Gasteiger partial charge in [-0.05, 0) is 32.0 Å². The maximum absolute atomic E-state index is 13.3. The second-order valence-electron chi connectivity index (χ2n) is 8.78. The molecule has 0 N–H and O–H groups in total. The molecule has 1 fully saturated rings. The van der Waals surface area contributed by atoms with Crippen molar-refractivity contribution >= 4 is 16.6 Å². The van der Waals surface area contributed by atoms with Crippen molar-refractivity contribution in [2.75, 3.05) is 25.0 Å². The fourth-order valence-corrected chi connectivity index (χ4v) is 4.74. The first-order valence-corrected chi connectivity index (χ1v) is 11.4. The molecular formula is C24H25F3N8. The first kappa shape index (κ1) is 23.2. The highest BCUT2D eigenvalue weighted by Gasteiger charge is 2.35.